The summed E-state index contributed by atoms with van der Waals surface area (Å²) in [5.74, 6) is -3.16. The third kappa shape index (κ3) is 11.6. The normalized spacial score (nSPS) is 20.1. The predicted molar refractivity (Wildman–Crippen MR) is 167 cm³/mol. The van der Waals surface area contributed by atoms with Gasteiger partial charge in [-0.05, 0) is 19.3 Å². The molecule has 2 unspecified atom stereocenters. The molecule has 1 rings (SSSR count). The van der Waals surface area contributed by atoms with Gasteiger partial charge in [-0.2, -0.15) is 0 Å². The Balaban J connectivity index is 2.50. The molecular weight excluding hydrogens is 516 g/mol. The second kappa shape index (κ2) is 21.6. The van der Waals surface area contributed by atoms with Crippen LogP contribution in [0.1, 0.15) is 162 Å². The summed E-state index contributed by atoms with van der Waals surface area (Å²) < 4.78 is 5.74. The minimum atomic E-state index is -1.84. The molecule has 0 saturated heterocycles. The average molecular weight is 577 g/mol. The van der Waals surface area contributed by atoms with Crippen LogP contribution in [-0.4, -0.2) is 34.7 Å². The zero-order chi connectivity index (χ0) is 30.4. The van der Waals surface area contributed by atoms with Crippen LogP contribution in [0, 0.1) is 10.8 Å². The molecule has 6 nitrogen and oxygen atoms in total. The maximum atomic E-state index is 13.7. The quantitative estimate of drug-likeness (QED) is 0.0785. The lowest BCUT2D eigenvalue weighted by molar-refractivity contribution is -0.173. The molecule has 0 fully saturated rings. The fourth-order valence-corrected chi connectivity index (χ4v) is 6.34. The highest BCUT2D eigenvalue weighted by Crippen LogP contribution is 2.56. The molecule has 2 N–H and O–H groups in total. The second-order valence-corrected chi connectivity index (χ2v) is 12.1. The molecule has 0 aromatic carbocycles. The van der Waals surface area contributed by atoms with Crippen LogP contribution in [0.3, 0.4) is 0 Å². The third-order valence-electron chi connectivity index (χ3n) is 8.89. The monoisotopic (exact) mass is 576 g/mol. The number of hydrogen-bond donors (Lipinski definition) is 2. The molecule has 236 valence electrons. The van der Waals surface area contributed by atoms with Gasteiger partial charge in [-0.25, -0.2) is 4.79 Å². The molecule has 0 aromatic heterocycles. The fourth-order valence-electron chi connectivity index (χ4n) is 6.34. The van der Waals surface area contributed by atoms with Crippen LogP contribution in [0.2, 0.25) is 0 Å². The molecule has 0 spiro atoms. The van der Waals surface area contributed by atoms with Crippen molar-refractivity contribution in [3.8, 4) is 0 Å². The van der Waals surface area contributed by atoms with Crippen molar-refractivity contribution >= 4 is 17.9 Å². The first kappa shape index (κ1) is 36.9. The number of esters is 1. The van der Waals surface area contributed by atoms with Gasteiger partial charge in [0.2, 0.25) is 0 Å². The Bertz CT molecular complexity index is 815. The first-order valence-electron chi connectivity index (χ1n) is 16.9. The molecule has 6 heteroatoms. The summed E-state index contributed by atoms with van der Waals surface area (Å²) >= 11 is 0. The van der Waals surface area contributed by atoms with Crippen LogP contribution in [-0.2, 0) is 19.1 Å². The van der Waals surface area contributed by atoms with Crippen LogP contribution in [0.15, 0.2) is 23.8 Å². The largest absolute Gasteiger partial charge is 0.481 e. The Morgan fingerprint density at radius 1 is 0.634 bits per heavy atom. The Labute approximate surface area is 250 Å². The maximum Gasteiger partial charge on any atom is 0.332 e. The van der Waals surface area contributed by atoms with Gasteiger partial charge in [0.25, 0.3) is 0 Å². The third-order valence-corrected chi connectivity index (χ3v) is 8.89. The van der Waals surface area contributed by atoms with Gasteiger partial charge in [0.15, 0.2) is 0 Å². The summed E-state index contributed by atoms with van der Waals surface area (Å²) in [7, 11) is 0. The summed E-state index contributed by atoms with van der Waals surface area (Å²) in [6, 6.07) is 0. The minimum Gasteiger partial charge on any atom is -0.481 e. The number of hydrogen-bond acceptors (Lipinski definition) is 4. The standard InChI is InChI=1S/C35H60O6/c1-4-7-10-11-12-13-14-15-16-17-18-19-20-21-22-23-29-41-33(40)34(26-8-5-2)27-24-25-30(31(36)37)35(34,32(38)39)28-9-6-3/h24-25,27H,4-23,26,28-29H2,1-3H3,(H,36,37)(H,38,39). The molecule has 0 aromatic rings. The molecule has 1 aliphatic carbocycles. The van der Waals surface area contributed by atoms with Crippen molar-refractivity contribution in [1.29, 1.82) is 0 Å². The van der Waals surface area contributed by atoms with E-state index in [1.54, 1.807) is 6.08 Å². The van der Waals surface area contributed by atoms with Crippen molar-refractivity contribution in [1.82, 2.24) is 0 Å². The van der Waals surface area contributed by atoms with Gasteiger partial charge in [0.1, 0.15) is 10.8 Å². The summed E-state index contributed by atoms with van der Waals surface area (Å²) in [6.45, 7) is 6.40. The smallest absolute Gasteiger partial charge is 0.332 e. The number of carbonyl (C=O) groups is 3. The summed E-state index contributed by atoms with van der Waals surface area (Å²) in [5.41, 5.74) is -3.59. The Morgan fingerprint density at radius 3 is 1.51 bits per heavy atom. The lowest BCUT2D eigenvalue weighted by Crippen LogP contribution is -2.55. The number of rotatable bonds is 26. The molecule has 0 radical (unpaired) electrons. The fraction of sp³-hybridized carbons (Fsp3) is 0.800. The van der Waals surface area contributed by atoms with E-state index in [2.05, 4.69) is 6.92 Å². The van der Waals surface area contributed by atoms with E-state index in [9.17, 15) is 24.6 Å². The molecule has 0 saturated carbocycles. The van der Waals surface area contributed by atoms with Gasteiger partial charge in [-0.15, -0.1) is 0 Å². The highest BCUT2D eigenvalue weighted by Gasteiger charge is 2.64. The van der Waals surface area contributed by atoms with E-state index in [0.717, 1.165) is 25.7 Å². The average Bonchev–Trinajstić information content (AvgIpc) is 2.96. The number of unbranched alkanes of at least 4 members (excludes halogenated alkanes) is 17. The first-order chi connectivity index (χ1) is 19.8. The Hall–Kier alpha value is -2.11. The van der Waals surface area contributed by atoms with Gasteiger partial charge in [-0.1, -0.05) is 161 Å². The summed E-state index contributed by atoms with van der Waals surface area (Å²) in [4.78, 5) is 38.8. The van der Waals surface area contributed by atoms with Crippen LogP contribution in [0.25, 0.3) is 0 Å². The molecule has 0 heterocycles. The van der Waals surface area contributed by atoms with E-state index < -0.39 is 28.7 Å². The van der Waals surface area contributed by atoms with Gasteiger partial charge >= 0.3 is 17.9 Å². The lowest BCUT2D eigenvalue weighted by atomic mass is 9.53. The van der Waals surface area contributed by atoms with Gasteiger partial charge in [-0.3, -0.25) is 9.59 Å². The van der Waals surface area contributed by atoms with E-state index in [-0.39, 0.29) is 25.0 Å². The highest BCUT2D eigenvalue weighted by atomic mass is 16.5. The number of allylic oxidation sites excluding steroid dienone is 2. The van der Waals surface area contributed by atoms with Gasteiger partial charge in [0, 0.05) is 0 Å². The van der Waals surface area contributed by atoms with E-state index >= 15 is 0 Å². The van der Waals surface area contributed by atoms with Crippen molar-refractivity contribution in [2.45, 2.75) is 162 Å². The van der Waals surface area contributed by atoms with Crippen molar-refractivity contribution in [2.75, 3.05) is 6.61 Å². The number of ether oxygens (including phenoxy) is 1. The highest BCUT2D eigenvalue weighted by molar-refractivity contribution is 6.02. The summed E-state index contributed by atoms with van der Waals surface area (Å²) in [5, 5.41) is 20.5. The maximum absolute atomic E-state index is 13.7. The molecule has 0 bridgehead atoms. The molecule has 0 aliphatic heterocycles. The number of carbonyl (C=O) groups excluding carboxylic acids is 1. The van der Waals surface area contributed by atoms with Crippen LogP contribution in [0.5, 0.6) is 0 Å². The van der Waals surface area contributed by atoms with E-state index in [4.69, 9.17) is 4.74 Å². The minimum absolute atomic E-state index is 0.0825. The van der Waals surface area contributed by atoms with Crippen molar-refractivity contribution in [3.05, 3.63) is 23.8 Å². The van der Waals surface area contributed by atoms with Crippen LogP contribution < -0.4 is 0 Å². The van der Waals surface area contributed by atoms with E-state index in [1.807, 2.05) is 13.8 Å². The lowest BCUT2D eigenvalue weighted by Gasteiger charge is -2.46. The molecular formula is C35H60O6. The van der Waals surface area contributed by atoms with Gasteiger partial charge in [0.05, 0.1) is 12.2 Å². The zero-order valence-corrected chi connectivity index (χ0v) is 26.5. The molecule has 2 atom stereocenters. The summed E-state index contributed by atoms with van der Waals surface area (Å²) in [6.07, 6.45) is 27.5. The van der Waals surface area contributed by atoms with Crippen molar-refractivity contribution in [2.24, 2.45) is 10.8 Å². The molecule has 41 heavy (non-hydrogen) atoms. The molecule has 1 aliphatic rings. The second-order valence-electron chi connectivity index (χ2n) is 12.1. The van der Waals surface area contributed by atoms with Crippen molar-refractivity contribution in [3.63, 3.8) is 0 Å². The van der Waals surface area contributed by atoms with Crippen molar-refractivity contribution < 1.29 is 29.3 Å². The van der Waals surface area contributed by atoms with E-state index in [0.29, 0.717) is 19.3 Å². The van der Waals surface area contributed by atoms with Crippen LogP contribution >= 0.6 is 0 Å². The van der Waals surface area contributed by atoms with Crippen LogP contribution in [0.4, 0.5) is 0 Å². The Morgan fingerprint density at radius 2 is 1.07 bits per heavy atom. The van der Waals surface area contributed by atoms with E-state index in [1.165, 1.54) is 95.6 Å². The number of aliphatic carboxylic acids is 2. The first-order valence-corrected chi connectivity index (χ1v) is 16.9. The Kier molecular flexibility index (Phi) is 19.4. The predicted octanol–water partition coefficient (Wildman–Crippen LogP) is 9.81. The number of carboxylic acid groups (broad SMARTS) is 2. The zero-order valence-electron chi connectivity index (χ0n) is 26.5. The van der Waals surface area contributed by atoms with Gasteiger partial charge < -0.3 is 14.9 Å². The molecule has 0 amide bonds. The topological polar surface area (TPSA) is 101 Å². The SMILES string of the molecule is CCCCCCCCCCCCCCCCCCOC(=O)C1(CCCC)C=CC=C(C(=O)O)C1(CCCC)C(=O)O. The number of carboxylic acids is 2.